The summed E-state index contributed by atoms with van der Waals surface area (Å²) in [4.78, 5) is 2.95. The van der Waals surface area contributed by atoms with Crippen molar-refractivity contribution in [2.24, 2.45) is 0 Å². The lowest BCUT2D eigenvalue weighted by atomic mass is 10.2. The number of aromatic hydroxyl groups is 1. The van der Waals surface area contributed by atoms with Crippen LogP contribution in [-0.2, 0) is 4.74 Å². The monoisotopic (exact) mass is 193 g/mol. The topological polar surface area (TPSA) is 65.5 Å². The summed E-state index contributed by atoms with van der Waals surface area (Å²) in [5.41, 5.74) is 1.31. The predicted molar refractivity (Wildman–Crippen MR) is 51.9 cm³/mol. The standard InChI is InChI=1S/C10H11NO3/c1-14-10(13)8-5-6-7(11-8)3-2-4-9(6)12/h2-5,10-13H,1H3. The molecule has 14 heavy (non-hydrogen) atoms. The molecule has 2 rings (SSSR count). The second-order valence-electron chi connectivity index (χ2n) is 3.05. The van der Waals surface area contributed by atoms with E-state index < -0.39 is 6.29 Å². The van der Waals surface area contributed by atoms with Gasteiger partial charge < -0.3 is 19.9 Å². The average Bonchev–Trinajstić information content (AvgIpc) is 2.62. The highest BCUT2D eigenvalue weighted by Crippen LogP contribution is 2.27. The molecular formula is C10H11NO3. The number of nitrogens with one attached hydrogen (secondary N) is 1. The number of H-pyrrole nitrogens is 1. The fraction of sp³-hybridized carbons (Fsp3) is 0.200. The van der Waals surface area contributed by atoms with Crippen LogP contribution in [0.5, 0.6) is 5.75 Å². The zero-order valence-corrected chi connectivity index (χ0v) is 7.69. The van der Waals surface area contributed by atoms with Gasteiger partial charge >= 0.3 is 0 Å². The molecule has 3 N–H and O–H groups in total. The Hall–Kier alpha value is -1.52. The quantitative estimate of drug-likeness (QED) is 0.633. The van der Waals surface area contributed by atoms with E-state index in [0.29, 0.717) is 11.1 Å². The number of ether oxygens (including phenoxy) is 1. The Labute approximate surface area is 80.8 Å². The summed E-state index contributed by atoms with van der Waals surface area (Å²) in [7, 11) is 1.41. The molecule has 1 aromatic heterocycles. The number of aromatic nitrogens is 1. The third-order valence-corrected chi connectivity index (χ3v) is 2.15. The minimum Gasteiger partial charge on any atom is -0.507 e. The predicted octanol–water partition coefficient (Wildman–Crippen LogP) is 1.51. The van der Waals surface area contributed by atoms with Crippen molar-refractivity contribution in [2.45, 2.75) is 6.29 Å². The van der Waals surface area contributed by atoms with E-state index in [4.69, 9.17) is 4.74 Å². The van der Waals surface area contributed by atoms with Crippen molar-refractivity contribution >= 4 is 10.9 Å². The number of fused-ring (bicyclic) bond motifs is 1. The molecule has 74 valence electrons. The first-order valence-electron chi connectivity index (χ1n) is 4.24. The minimum absolute atomic E-state index is 0.188. The van der Waals surface area contributed by atoms with Crippen molar-refractivity contribution in [1.82, 2.24) is 4.98 Å². The van der Waals surface area contributed by atoms with E-state index in [1.54, 1.807) is 18.2 Å². The highest BCUT2D eigenvalue weighted by molar-refractivity contribution is 5.86. The number of hydrogen-bond donors (Lipinski definition) is 3. The van der Waals surface area contributed by atoms with E-state index in [2.05, 4.69) is 4.98 Å². The molecule has 0 bridgehead atoms. The van der Waals surface area contributed by atoms with E-state index >= 15 is 0 Å². The number of rotatable bonds is 2. The van der Waals surface area contributed by atoms with Gasteiger partial charge in [0.25, 0.3) is 0 Å². The molecule has 0 amide bonds. The van der Waals surface area contributed by atoms with Gasteiger partial charge in [0, 0.05) is 18.0 Å². The summed E-state index contributed by atoms with van der Waals surface area (Å²) in [6, 6.07) is 6.82. The lowest BCUT2D eigenvalue weighted by Gasteiger charge is -2.03. The van der Waals surface area contributed by atoms with Crippen molar-refractivity contribution in [1.29, 1.82) is 0 Å². The highest BCUT2D eigenvalue weighted by atomic mass is 16.6. The average molecular weight is 193 g/mol. The molecule has 0 fully saturated rings. The number of phenolic OH excluding ortho intramolecular Hbond substituents is 1. The van der Waals surface area contributed by atoms with Gasteiger partial charge in [-0.1, -0.05) is 6.07 Å². The Bertz CT molecular complexity index is 450. The van der Waals surface area contributed by atoms with Crippen molar-refractivity contribution in [2.75, 3.05) is 7.11 Å². The number of aromatic amines is 1. The van der Waals surface area contributed by atoms with Crippen molar-refractivity contribution in [3.05, 3.63) is 30.0 Å². The molecule has 1 unspecified atom stereocenters. The first-order valence-corrected chi connectivity index (χ1v) is 4.24. The van der Waals surface area contributed by atoms with Crippen LogP contribution in [0.3, 0.4) is 0 Å². The Morgan fingerprint density at radius 3 is 2.86 bits per heavy atom. The fourth-order valence-corrected chi connectivity index (χ4v) is 1.42. The first-order chi connectivity index (χ1) is 6.72. The van der Waals surface area contributed by atoms with Gasteiger partial charge in [0.1, 0.15) is 5.75 Å². The minimum atomic E-state index is -0.984. The van der Waals surface area contributed by atoms with Gasteiger partial charge in [-0.3, -0.25) is 0 Å². The molecule has 1 aromatic carbocycles. The SMILES string of the molecule is COC(O)c1cc2c(O)cccc2[nH]1. The second-order valence-corrected chi connectivity index (χ2v) is 3.05. The van der Waals surface area contributed by atoms with Crippen molar-refractivity contribution in [3.8, 4) is 5.75 Å². The lowest BCUT2D eigenvalue weighted by Crippen LogP contribution is -1.98. The van der Waals surface area contributed by atoms with E-state index in [9.17, 15) is 10.2 Å². The summed E-state index contributed by atoms with van der Waals surface area (Å²) >= 11 is 0. The van der Waals surface area contributed by atoms with E-state index in [1.807, 2.05) is 6.07 Å². The molecule has 2 aromatic rings. The number of methoxy groups -OCH3 is 1. The van der Waals surface area contributed by atoms with Gasteiger partial charge in [-0.2, -0.15) is 0 Å². The molecular weight excluding hydrogens is 182 g/mol. The van der Waals surface area contributed by atoms with Crippen LogP contribution in [0.4, 0.5) is 0 Å². The van der Waals surface area contributed by atoms with Crippen LogP contribution in [0.2, 0.25) is 0 Å². The molecule has 0 saturated heterocycles. The summed E-state index contributed by atoms with van der Waals surface area (Å²) in [6.45, 7) is 0. The Morgan fingerprint density at radius 2 is 2.21 bits per heavy atom. The van der Waals surface area contributed by atoms with Gasteiger partial charge in [0.2, 0.25) is 0 Å². The summed E-state index contributed by atoms with van der Waals surface area (Å²) < 4.78 is 4.75. The number of aliphatic hydroxyl groups is 1. The zero-order valence-electron chi connectivity index (χ0n) is 7.69. The Kier molecular flexibility index (Phi) is 2.15. The van der Waals surface area contributed by atoms with Crippen LogP contribution in [-0.4, -0.2) is 22.3 Å². The second kappa shape index (κ2) is 3.32. The lowest BCUT2D eigenvalue weighted by molar-refractivity contribution is -0.0794. The van der Waals surface area contributed by atoms with E-state index in [-0.39, 0.29) is 5.75 Å². The van der Waals surface area contributed by atoms with E-state index in [0.717, 1.165) is 5.52 Å². The summed E-state index contributed by atoms with van der Waals surface area (Å²) in [6.07, 6.45) is -0.984. The molecule has 1 heterocycles. The van der Waals surface area contributed by atoms with Crippen LogP contribution >= 0.6 is 0 Å². The van der Waals surface area contributed by atoms with Crippen molar-refractivity contribution in [3.63, 3.8) is 0 Å². The largest absolute Gasteiger partial charge is 0.507 e. The maximum Gasteiger partial charge on any atom is 0.196 e. The third kappa shape index (κ3) is 1.34. The highest BCUT2D eigenvalue weighted by Gasteiger charge is 2.10. The van der Waals surface area contributed by atoms with Gasteiger partial charge in [-0.05, 0) is 18.2 Å². The molecule has 1 atom stereocenters. The van der Waals surface area contributed by atoms with E-state index in [1.165, 1.54) is 7.11 Å². The molecule has 0 radical (unpaired) electrons. The van der Waals surface area contributed by atoms with Crippen LogP contribution in [0.25, 0.3) is 10.9 Å². The summed E-state index contributed by atoms with van der Waals surface area (Å²) in [5, 5.41) is 19.6. The molecule has 4 nitrogen and oxygen atoms in total. The smallest absolute Gasteiger partial charge is 0.196 e. The molecule has 0 saturated carbocycles. The molecule has 0 aliphatic carbocycles. The number of aliphatic hydroxyl groups excluding tert-OH is 1. The fourth-order valence-electron chi connectivity index (χ4n) is 1.42. The van der Waals surface area contributed by atoms with Crippen molar-refractivity contribution < 1.29 is 14.9 Å². The van der Waals surface area contributed by atoms with Crippen LogP contribution < -0.4 is 0 Å². The van der Waals surface area contributed by atoms with Crippen LogP contribution in [0.1, 0.15) is 12.0 Å². The van der Waals surface area contributed by atoms with Gasteiger partial charge in [-0.25, -0.2) is 0 Å². The maximum absolute atomic E-state index is 9.50. The Balaban J connectivity index is 2.56. The zero-order chi connectivity index (χ0) is 10.1. The maximum atomic E-state index is 9.50. The number of benzene rings is 1. The summed E-state index contributed by atoms with van der Waals surface area (Å²) in [5.74, 6) is 0.188. The molecule has 0 aliphatic rings. The molecule has 0 spiro atoms. The molecule has 4 heteroatoms. The number of phenols is 1. The normalized spacial score (nSPS) is 13.3. The molecule has 0 aliphatic heterocycles. The third-order valence-electron chi connectivity index (χ3n) is 2.15. The number of hydrogen-bond acceptors (Lipinski definition) is 3. The first kappa shape index (κ1) is 9.05. The van der Waals surface area contributed by atoms with Crippen LogP contribution in [0.15, 0.2) is 24.3 Å². The van der Waals surface area contributed by atoms with Gasteiger partial charge in [0.05, 0.1) is 5.69 Å². The Morgan fingerprint density at radius 1 is 1.43 bits per heavy atom. The van der Waals surface area contributed by atoms with Crippen LogP contribution in [0, 0.1) is 0 Å². The van der Waals surface area contributed by atoms with Gasteiger partial charge in [0.15, 0.2) is 6.29 Å². The van der Waals surface area contributed by atoms with Gasteiger partial charge in [-0.15, -0.1) is 0 Å².